The quantitative estimate of drug-likeness (QED) is 0.526. The van der Waals surface area contributed by atoms with Crippen LogP contribution in [-0.4, -0.2) is 23.7 Å². The fourth-order valence-electron chi connectivity index (χ4n) is 2.16. The van der Waals surface area contributed by atoms with Crippen molar-refractivity contribution in [2.75, 3.05) is 6.61 Å². The van der Waals surface area contributed by atoms with Gasteiger partial charge in [-0.2, -0.15) is 0 Å². The lowest BCUT2D eigenvalue weighted by molar-refractivity contribution is -0.170. The molecule has 1 N–H and O–H groups in total. The summed E-state index contributed by atoms with van der Waals surface area (Å²) in [6.45, 7) is 7.67. The predicted molar refractivity (Wildman–Crippen MR) is 65.7 cm³/mol. The van der Waals surface area contributed by atoms with E-state index < -0.39 is 17.4 Å². The van der Waals surface area contributed by atoms with Crippen LogP contribution in [0.2, 0.25) is 0 Å². The van der Waals surface area contributed by atoms with Crippen LogP contribution in [0.1, 0.15) is 53.4 Å². The SMILES string of the molecule is CCCC(C)CC(CC)(C(=O)O)C(=O)OCC. The number of hydrogen-bond donors (Lipinski definition) is 1. The summed E-state index contributed by atoms with van der Waals surface area (Å²) in [7, 11) is 0. The van der Waals surface area contributed by atoms with Crippen molar-refractivity contribution in [3.05, 3.63) is 0 Å². The van der Waals surface area contributed by atoms with Gasteiger partial charge in [-0.3, -0.25) is 9.59 Å². The Morgan fingerprint density at radius 2 is 1.88 bits per heavy atom. The number of carbonyl (C=O) groups is 2. The Balaban J connectivity index is 4.95. The molecule has 0 aromatic carbocycles. The molecule has 2 unspecified atom stereocenters. The van der Waals surface area contributed by atoms with Crippen LogP contribution in [-0.2, 0) is 14.3 Å². The van der Waals surface area contributed by atoms with Gasteiger partial charge in [-0.25, -0.2) is 0 Å². The number of carboxylic acid groups (broad SMARTS) is 1. The summed E-state index contributed by atoms with van der Waals surface area (Å²) in [6.07, 6.45) is 2.54. The largest absolute Gasteiger partial charge is 0.480 e. The second-order valence-electron chi connectivity index (χ2n) is 4.56. The minimum atomic E-state index is -1.37. The zero-order valence-electron chi connectivity index (χ0n) is 11.3. The van der Waals surface area contributed by atoms with E-state index in [0.29, 0.717) is 6.42 Å². The molecule has 0 bridgehead atoms. The van der Waals surface area contributed by atoms with Gasteiger partial charge in [0, 0.05) is 0 Å². The number of hydrogen-bond acceptors (Lipinski definition) is 3. The fraction of sp³-hybridized carbons (Fsp3) is 0.846. The standard InChI is InChI=1S/C13H24O4/c1-5-8-10(4)9-13(6-2,11(14)15)12(16)17-7-3/h10H,5-9H2,1-4H3,(H,14,15). The van der Waals surface area contributed by atoms with Gasteiger partial charge >= 0.3 is 11.9 Å². The van der Waals surface area contributed by atoms with E-state index in [0.717, 1.165) is 12.8 Å². The highest BCUT2D eigenvalue weighted by Gasteiger charge is 2.46. The first-order valence-electron chi connectivity index (χ1n) is 6.35. The van der Waals surface area contributed by atoms with E-state index in [1.165, 1.54) is 0 Å². The molecule has 0 amide bonds. The summed E-state index contributed by atoms with van der Waals surface area (Å²) in [6, 6.07) is 0. The first-order chi connectivity index (χ1) is 7.94. The van der Waals surface area contributed by atoms with Crippen LogP contribution in [0.5, 0.6) is 0 Å². The third kappa shape index (κ3) is 4.02. The maximum Gasteiger partial charge on any atom is 0.323 e. The lowest BCUT2D eigenvalue weighted by Gasteiger charge is -2.28. The summed E-state index contributed by atoms with van der Waals surface area (Å²) < 4.78 is 4.92. The number of esters is 1. The first-order valence-corrected chi connectivity index (χ1v) is 6.35. The normalized spacial score (nSPS) is 16.0. The molecule has 17 heavy (non-hydrogen) atoms. The van der Waals surface area contributed by atoms with E-state index in [9.17, 15) is 14.7 Å². The Hall–Kier alpha value is -1.06. The smallest absolute Gasteiger partial charge is 0.323 e. The molecule has 0 saturated carbocycles. The van der Waals surface area contributed by atoms with Gasteiger partial charge in [0.1, 0.15) is 0 Å². The summed E-state index contributed by atoms with van der Waals surface area (Å²) in [4.78, 5) is 23.3. The summed E-state index contributed by atoms with van der Waals surface area (Å²) >= 11 is 0. The number of ether oxygens (including phenoxy) is 1. The Kier molecular flexibility index (Phi) is 6.85. The molecule has 0 fully saturated rings. The Labute approximate surface area is 103 Å². The van der Waals surface area contributed by atoms with Crippen LogP contribution in [0.4, 0.5) is 0 Å². The molecular weight excluding hydrogens is 220 g/mol. The van der Waals surface area contributed by atoms with Crippen molar-refractivity contribution in [2.24, 2.45) is 11.3 Å². The van der Waals surface area contributed by atoms with Gasteiger partial charge in [0.25, 0.3) is 0 Å². The number of carboxylic acids is 1. The summed E-state index contributed by atoms with van der Waals surface area (Å²) in [5, 5.41) is 9.34. The maximum atomic E-state index is 11.9. The van der Waals surface area contributed by atoms with E-state index >= 15 is 0 Å². The van der Waals surface area contributed by atoms with Crippen molar-refractivity contribution in [2.45, 2.75) is 53.4 Å². The molecule has 0 aromatic heterocycles. The van der Waals surface area contributed by atoms with Crippen molar-refractivity contribution >= 4 is 11.9 Å². The van der Waals surface area contributed by atoms with Crippen molar-refractivity contribution < 1.29 is 19.4 Å². The zero-order chi connectivity index (χ0) is 13.5. The monoisotopic (exact) mass is 244 g/mol. The van der Waals surface area contributed by atoms with Gasteiger partial charge in [-0.15, -0.1) is 0 Å². The van der Waals surface area contributed by atoms with Gasteiger partial charge in [0.05, 0.1) is 6.61 Å². The second-order valence-corrected chi connectivity index (χ2v) is 4.56. The maximum absolute atomic E-state index is 11.9. The Bertz CT molecular complexity index is 262. The van der Waals surface area contributed by atoms with Crippen LogP contribution in [0.3, 0.4) is 0 Å². The molecule has 4 heteroatoms. The van der Waals surface area contributed by atoms with Crippen LogP contribution >= 0.6 is 0 Å². The molecule has 0 saturated heterocycles. The molecule has 0 radical (unpaired) electrons. The summed E-state index contributed by atoms with van der Waals surface area (Å²) in [5.74, 6) is -1.46. The minimum absolute atomic E-state index is 0.209. The van der Waals surface area contributed by atoms with E-state index in [1.54, 1.807) is 13.8 Å². The Morgan fingerprint density at radius 1 is 1.29 bits per heavy atom. The molecule has 0 aliphatic rings. The van der Waals surface area contributed by atoms with E-state index in [2.05, 4.69) is 6.92 Å². The highest BCUT2D eigenvalue weighted by atomic mass is 16.5. The average molecular weight is 244 g/mol. The van der Waals surface area contributed by atoms with Crippen molar-refractivity contribution in [3.8, 4) is 0 Å². The summed E-state index contributed by atoms with van der Waals surface area (Å²) in [5.41, 5.74) is -1.37. The van der Waals surface area contributed by atoms with Crippen molar-refractivity contribution in [1.29, 1.82) is 0 Å². The molecule has 100 valence electrons. The van der Waals surface area contributed by atoms with Crippen LogP contribution < -0.4 is 0 Å². The molecule has 0 heterocycles. The molecule has 0 aliphatic heterocycles. The van der Waals surface area contributed by atoms with E-state index in [4.69, 9.17) is 4.74 Å². The van der Waals surface area contributed by atoms with Crippen molar-refractivity contribution in [1.82, 2.24) is 0 Å². The van der Waals surface area contributed by atoms with Gasteiger partial charge < -0.3 is 9.84 Å². The molecule has 2 atom stereocenters. The number of aliphatic carboxylic acids is 1. The highest BCUT2D eigenvalue weighted by molar-refractivity contribution is 5.99. The van der Waals surface area contributed by atoms with Crippen LogP contribution in [0.25, 0.3) is 0 Å². The van der Waals surface area contributed by atoms with Gasteiger partial charge in [-0.1, -0.05) is 33.6 Å². The van der Waals surface area contributed by atoms with Crippen molar-refractivity contribution in [3.63, 3.8) is 0 Å². The predicted octanol–water partition coefficient (Wildman–Crippen LogP) is 2.86. The molecule has 4 nitrogen and oxygen atoms in total. The molecule has 0 spiro atoms. The lowest BCUT2D eigenvalue weighted by Crippen LogP contribution is -2.41. The van der Waals surface area contributed by atoms with Gasteiger partial charge in [-0.05, 0) is 25.7 Å². The lowest BCUT2D eigenvalue weighted by atomic mass is 9.76. The van der Waals surface area contributed by atoms with Gasteiger partial charge in [0.2, 0.25) is 0 Å². The Morgan fingerprint density at radius 3 is 2.24 bits per heavy atom. The topological polar surface area (TPSA) is 63.6 Å². The van der Waals surface area contributed by atoms with Crippen LogP contribution in [0.15, 0.2) is 0 Å². The highest BCUT2D eigenvalue weighted by Crippen LogP contribution is 2.34. The third-order valence-corrected chi connectivity index (χ3v) is 3.16. The van der Waals surface area contributed by atoms with Crippen LogP contribution in [0, 0.1) is 11.3 Å². The van der Waals surface area contributed by atoms with E-state index in [1.807, 2.05) is 6.92 Å². The first kappa shape index (κ1) is 15.9. The fourth-order valence-corrected chi connectivity index (χ4v) is 2.16. The van der Waals surface area contributed by atoms with Gasteiger partial charge in [0.15, 0.2) is 5.41 Å². The number of rotatable bonds is 8. The molecule has 0 rings (SSSR count). The molecule has 0 aromatic rings. The van der Waals surface area contributed by atoms with E-state index in [-0.39, 0.29) is 18.9 Å². The number of carbonyl (C=O) groups excluding carboxylic acids is 1. The molecular formula is C13H24O4. The average Bonchev–Trinajstić information content (AvgIpc) is 2.26. The minimum Gasteiger partial charge on any atom is -0.480 e. The molecule has 0 aliphatic carbocycles. The second kappa shape index (κ2) is 7.30. The zero-order valence-corrected chi connectivity index (χ0v) is 11.3. The third-order valence-electron chi connectivity index (χ3n) is 3.16.